The van der Waals surface area contributed by atoms with Crippen molar-refractivity contribution >= 4 is 41.7 Å². The minimum absolute atomic E-state index is 0. The van der Waals surface area contributed by atoms with Crippen LogP contribution in [-0.2, 0) is 6.54 Å². The molecule has 3 rings (SSSR count). The first-order valence-corrected chi connectivity index (χ1v) is 11.2. The normalized spacial score (nSPS) is 24.2. The van der Waals surface area contributed by atoms with Crippen molar-refractivity contribution in [3.8, 4) is 0 Å². The SMILES string of the molecule is CN=C(NCC1CCN(Cc2nc(C)c(C)o2)CC1)NCC1(C)CCCS1.I. The molecule has 0 spiro atoms. The summed E-state index contributed by atoms with van der Waals surface area (Å²) in [5.74, 6) is 4.72. The number of nitrogens with zero attached hydrogens (tertiary/aromatic N) is 3. The second-order valence-corrected chi connectivity index (χ2v) is 9.86. The van der Waals surface area contributed by atoms with Crippen LogP contribution in [0.5, 0.6) is 0 Å². The Labute approximate surface area is 191 Å². The van der Waals surface area contributed by atoms with Crippen LogP contribution in [0.15, 0.2) is 9.41 Å². The fourth-order valence-corrected chi connectivity index (χ4v) is 5.10. The molecule has 0 aliphatic carbocycles. The van der Waals surface area contributed by atoms with Crippen molar-refractivity contribution in [3.05, 3.63) is 17.3 Å². The van der Waals surface area contributed by atoms with Gasteiger partial charge in [0.15, 0.2) is 5.96 Å². The van der Waals surface area contributed by atoms with E-state index in [1.807, 2.05) is 20.9 Å². The first-order chi connectivity index (χ1) is 13.0. The van der Waals surface area contributed by atoms with Crippen molar-refractivity contribution in [2.45, 2.75) is 57.7 Å². The predicted octanol–water partition coefficient (Wildman–Crippen LogP) is 3.57. The average molecular weight is 522 g/mol. The number of hydrogen-bond donors (Lipinski definition) is 2. The monoisotopic (exact) mass is 521 g/mol. The van der Waals surface area contributed by atoms with E-state index in [0.29, 0.717) is 10.7 Å². The second kappa shape index (κ2) is 11.1. The zero-order valence-electron chi connectivity index (χ0n) is 17.7. The Morgan fingerprint density at radius 1 is 1.32 bits per heavy atom. The Morgan fingerprint density at radius 3 is 2.64 bits per heavy atom. The third-order valence-electron chi connectivity index (χ3n) is 5.85. The first-order valence-electron chi connectivity index (χ1n) is 10.2. The summed E-state index contributed by atoms with van der Waals surface area (Å²) in [7, 11) is 1.86. The molecule has 0 saturated carbocycles. The van der Waals surface area contributed by atoms with Crippen LogP contribution in [0, 0.1) is 19.8 Å². The highest BCUT2D eigenvalue weighted by atomic mass is 127. The lowest BCUT2D eigenvalue weighted by Crippen LogP contribution is -2.46. The van der Waals surface area contributed by atoms with Gasteiger partial charge in [0.2, 0.25) is 5.89 Å². The maximum Gasteiger partial charge on any atom is 0.208 e. The van der Waals surface area contributed by atoms with Crippen molar-refractivity contribution < 1.29 is 4.42 Å². The summed E-state index contributed by atoms with van der Waals surface area (Å²) >= 11 is 2.08. The van der Waals surface area contributed by atoms with Crippen LogP contribution in [0.25, 0.3) is 0 Å². The van der Waals surface area contributed by atoms with Crippen molar-refractivity contribution in [3.63, 3.8) is 0 Å². The Morgan fingerprint density at radius 2 is 2.07 bits per heavy atom. The molecule has 0 radical (unpaired) electrons. The van der Waals surface area contributed by atoms with E-state index < -0.39 is 0 Å². The molecule has 0 amide bonds. The molecule has 2 aliphatic heterocycles. The number of aromatic nitrogens is 1. The van der Waals surface area contributed by atoms with Gasteiger partial charge in [-0.25, -0.2) is 4.98 Å². The number of piperidine rings is 1. The maximum atomic E-state index is 5.72. The van der Waals surface area contributed by atoms with Crippen molar-refractivity contribution in [1.29, 1.82) is 0 Å². The number of nitrogens with one attached hydrogen (secondary N) is 2. The smallest absolute Gasteiger partial charge is 0.208 e. The van der Waals surface area contributed by atoms with Gasteiger partial charge in [-0.3, -0.25) is 9.89 Å². The molecule has 1 unspecified atom stereocenters. The molecule has 28 heavy (non-hydrogen) atoms. The van der Waals surface area contributed by atoms with Crippen LogP contribution in [0.1, 0.15) is 50.0 Å². The molecule has 2 aliphatic rings. The minimum Gasteiger partial charge on any atom is -0.444 e. The van der Waals surface area contributed by atoms with Crippen LogP contribution >= 0.6 is 35.7 Å². The van der Waals surface area contributed by atoms with Gasteiger partial charge in [-0.2, -0.15) is 11.8 Å². The van der Waals surface area contributed by atoms with E-state index in [0.717, 1.165) is 56.0 Å². The first kappa shape index (κ1) is 23.8. The topological polar surface area (TPSA) is 65.7 Å². The van der Waals surface area contributed by atoms with Gasteiger partial charge in [0.25, 0.3) is 0 Å². The molecule has 2 saturated heterocycles. The molecule has 1 aromatic rings. The number of hydrogen-bond acceptors (Lipinski definition) is 5. The average Bonchev–Trinajstić information content (AvgIpc) is 3.22. The van der Waals surface area contributed by atoms with E-state index in [4.69, 9.17) is 4.42 Å². The molecule has 2 fully saturated rings. The molecule has 6 nitrogen and oxygen atoms in total. The fourth-order valence-electron chi connectivity index (χ4n) is 3.86. The number of oxazole rings is 1. The van der Waals surface area contributed by atoms with E-state index >= 15 is 0 Å². The Kier molecular flexibility index (Phi) is 9.40. The molecule has 0 aromatic carbocycles. The number of likely N-dealkylation sites (tertiary alicyclic amines) is 1. The third kappa shape index (κ3) is 6.79. The molecule has 3 heterocycles. The Balaban J connectivity index is 0.00000280. The summed E-state index contributed by atoms with van der Waals surface area (Å²) in [4.78, 5) is 11.4. The second-order valence-electron chi connectivity index (χ2n) is 8.18. The summed E-state index contributed by atoms with van der Waals surface area (Å²) in [5, 5.41) is 7.06. The van der Waals surface area contributed by atoms with Gasteiger partial charge in [-0.15, -0.1) is 24.0 Å². The highest BCUT2D eigenvalue weighted by molar-refractivity contribution is 14.0. The molecule has 1 aromatic heterocycles. The van der Waals surface area contributed by atoms with Crippen LogP contribution < -0.4 is 10.6 Å². The summed E-state index contributed by atoms with van der Waals surface area (Å²) in [6.45, 7) is 11.4. The van der Waals surface area contributed by atoms with Gasteiger partial charge in [-0.1, -0.05) is 0 Å². The number of rotatable bonds is 6. The lowest BCUT2D eigenvalue weighted by Gasteiger charge is -2.31. The summed E-state index contributed by atoms with van der Waals surface area (Å²) < 4.78 is 6.08. The Bertz CT molecular complexity index is 617. The van der Waals surface area contributed by atoms with E-state index in [-0.39, 0.29) is 24.0 Å². The van der Waals surface area contributed by atoms with Crippen molar-refractivity contribution in [2.75, 3.05) is 39.0 Å². The number of guanidine groups is 1. The van der Waals surface area contributed by atoms with E-state index in [2.05, 4.69) is 44.2 Å². The standard InChI is InChI=1S/C20H35N5OS.HI/c1-15-16(2)26-18(24-15)13-25-9-6-17(7-10-25)12-22-19(21-4)23-14-20(3)8-5-11-27-20;/h17H,5-14H2,1-4H3,(H2,21,22,23);1H. The van der Waals surface area contributed by atoms with Gasteiger partial charge < -0.3 is 15.1 Å². The number of halogens is 1. The van der Waals surface area contributed by atoms with Gasteiger partial charge in [0, 0.05) is 24.9 Å². The fraction of sp³-hybridized carbons (Fsp3) is 0.800. The van der Waals surface area contributed by atoms with E-state index in [1.54, 1.807) is 0 Å². The summed E-state index contributed by atoms with van der Waals surface area (Å²) in [6.07, 6.45) is 5.04. The summed E-state index contributed by atoms with van der Waals surface area (Å²) in [6, 6.07) is 0. The molecule has 8 heteroatoms. The van der Waals surface area contributed by atoms with Gasteiger partial charge in [-0.05, 0) is 71.2 Å². The zero-order chi connectivity index (χ0) is 19.3. The number of aliphatic imine (C=N–C) groups is 1. The molecule has 160 valence electrons. The van der Waals surface area contributed by atoms with Crippen LogP contribution in [0.3, 0.4) is 0 Å². The minimum atomic E-state index is 0. The number of thioether (sulfide) groups is 1. The van der Waals surface area contributed by atoms with E-state index in [9.17, 15) is 0 Å². The van der Waals surface area contributed by atoms with Crippen LogP contribution in [0.2, 0.25) is 0 Å². The van der Waals surface area contributed by atoms with Crippen LogP contribution in [0.4, 0.5) is 0 Å². The molecular formula is C20H36IN5OS. The molecular weight excluding hydrogens is 485 g/mol. The van der Waals surface area contributed by atoms with Crippen molar-refractivity contribution in [1.82, 2.24) is 20.5 Å². The van der Waals surface area contributed by atoms with Crippen LogP contribution in [-0.4, -0.2) is 59.6 Å². The van der Waals surface area contributed by atoms with E-state index in [1.165, 1.54) is 31.4 Å². The predicted molar refractivity (Wildman–Crippen MR) is 129 cm³/mol. The lowest BCUT2D eigenvalue weighted by atomic mass is 9.97. The quantitative estimate of drug-likeness (QED) is 0.339. The lowest BCUT2D eigenvalue weighted by molar-refractivity contribution is 0.164. The molecule has 1 atom stereocenters. The van der Waals surface area contributed by atoms with Gasteiger partial charge >= 0.3 is 0 Å². The Hall–Kier alpha value is -0.480. The highest BCUT2D eigenvalue weighted by Crippen LogP contribution is 2.36. The number of aryl methyl sites for hydroxylation is 2. The maximum absolute atomic E-state index is 5.72. The highest BCUT2D eigenvalue weighted by Gasteiger charge is 2.29. The molecule has 0 bridgehead atoms. The molecule has 2 N–H and O–H groups in total. The van der Waals surface area contributed by atoms with Gasteiger partial charge in [0.05, 0.1) is 12.2 Å². The van der Waals surface area contributed by atoms with Crippen molar-refractivity contribution in [2.24, 2.45) is 10.9 Å². The summed E-state index contributed by atoms with van der Waals surface area (Å²) in [5.41, 5.74) is 1.01. The van der Waals surface area contributed by atoms with Gasteiger partial charge in [0.1, 0.15) is 5.76 Å². The largest absolute Gasteiger partial charge is 0.444 e. The zero-order valence-corrected chi connectivity index (χ0v) is 20.9. The third-order valence-corrected chi connectivity index (χ3v) is 7.39.